The lowest BCUT2D eigenvalue weighted by atomic mass is 10.2. The van der Waals surface area contributed by atoms with E-state index < -0.39 is 4.92 Å². The molecule has 0 aliphatic rings. The quantitative estimate of drug-likeness (QED) is 0.493. The normalized spacial score (nSPS) is 8.33. The van der Waals surface area contributed by atoms with Gasteiger partial charge in [-0.2, -0.15) is 0 Å². The lowest BCUT2D eigenvalue weighted by Crippen LogP contribution is -1.86. The molecule has 0 unspecified atom stereocenters. The van der Waals surface area contributed by atoms with Crippen molar-refractivity contribution >= 4 is 11.8 Å². The van der Waals surface area contributed by atoms with Crippen LogP contribution in [0.15, 0.2) is 30.8 Å². The molecule has 0 heterocycles. The van der Waals surface area contributed by atoms with Gasteiger partial charge in [0, 0.05) is 12.1 Å². The highest BCUT2D eigenvalue weighted by Gasteiger charge is 2.01. The van der Waals surface area contributed by atoms with E-state index in [4.69, 9.17) is 0 Å². The molecule has 2 N–H and O–H groups in total. The zero-order chi connectivity index (χ0) is 8.27. The minimum Gasteiger partial charge on any atom is -0.412 e. The molecular formula is C8H9NO3. The molecule has 4 heteroatoms. The smallest absolute Gasteiger partial charge is 0.269 e. The molecule has 0 fully saturated rings. The van der Waals surface area contributed by atoms with Gasteiger partial charge in [-0.3, -0.25) is 10.1 Å². The van der Waals surface area contributed by atoms with E-state index in [1.807, 2.05) is 0 Å². The molecule has 0 atom stereocenters. The van der Waals surface area contributed by atoms with Crippen LogP contribution in [0, 0.1) is 10.1 Å². The van der Waals surface area contributed by atoms with E-state index >= 15 is 0 Å². The fourth-order valence-electron chi connectivity index (χ4n) is 0.732. The van der Waals surface area contributed by atoms with Gasteiger partial charge in [-0.15, -0.1) is 0 Å². The molecule has 0 saturated heterocycles. The third-order valence-corrected chi connectivity index (χ3v) is 1.34. The summed E-state index contributed by atoms with van der Waals surface area (Å²) < 4.78 is 0. The summed E-state index contributed by atoms with van der Waals surface area (Å²) >= 11 is 0. The van der Waals surface area contributed by atoms with Crippen LogP contribution in [-0.2, 0) is 0 Å². The highest BCUT2D eigenvalue weighted by molar-refractivity contribution is 5.49. The maximum Gasteiger partial charge on any atom is 0.269 e. The van der Waals surface area contributed by atoms with Crippen molar-refractivity contribution in [2.45, 2.75) is 0 Å². The van der Waals surface area contributed by atoms with Crippen molar-refractivity contribution in [3.63, 3.8) is 0 Å². The van der Waals surface area contributed by atoms with Gasteiger partial charge in [0.05, 0.1) is 4.92 Å². The molecule has 0 bridgehead atoms. The predicted octanol–water partition coefficient (Wildman–Crippen LogP) is 1.41. The van der Waals surface area contributed by atoms with Gasteiger partial charge in [0.1, 0.15) is 0 Å². The predicted molar refractivity (Wildman–Crippen MR) is 46.8 cm³/mol. The van der Waals surface area contributed by atoms with Crippen LogP contribution in [0.25, 0.3) is 6.08 Å². The first kappa shape index (κ1) is 10.3. The molecule has 0 radical (unpaired) electrons. The number of hydrogen-bond acceptors (Lipinski definition) is 2. The van der Waals surface area contributed by atoms with E-state index in [0.29, 0.717) is 0 Å². The molecule has 0 spiro atoms. The Morgan fingerprint density at radius 2 is 1.83 bits per heavy atom. The molecule has 1 aromatic rings. The van der Waals surface area contributed by atoms with E-state index in [-0.39, 0.29) is 11.2 Å². The Morgan fingerprint density at radius 3 is 2.17 bits per heavy atom. The highest BCUT2D eigenvalue weighted by Crippen LogP contribution is 2.11. The first-order chi connectivity index (χ1) is 5.24. The summed E-state index contributed by atoms with van der Waals surface area (Å²) in [6, 6.07) is 6.23. The third-order valence-electron chi connectivity index (χ3n) is 1.34. The summed E-state index contributed by atoms with van der Waals surface area (Å²) in [6.07, 6.45) is 1.64. The van der Waals surface area contributed by atoms with Crippen LogP contribution in [0.1, 0.15) is 5.56 Å². The molecule has 0 aromatic heterocycles. The van der Waals surface area contributed by atoms with Crippen LogP contribution in [0.2, 0.25) is 0 Å². The monoisotopic (exact) mass is 167 g/mol. The van der Waals surface area contributed by atoms with Gasteiger partial charge in [0.2, 0.25) is 0 Å². The lowest BCUT2D eigenvalue weighted by molar-refractivity contribution is -0.384. The number of rotatable bonds is 2. The van der Waals surface area contributed by atoms with Gasteiger partial charge in [-0.25, -0.2) is 0 Å². The van der Waals surface area contributed by atoms with Crippen LogP contribution in [0.5, 0.6) is 0 Å². The average Bonchev–Trinajstić information content (AvgIpc) is 2.05. The molecule has 0 saturated carbocycles. The van der Waals surface area contributed by atoms with Gasteiger partial charge < -0.3 is 5.48 Å². The third kappa shape index (κ3) is 2.17. The van der Waals surface area contributed by atoms with Gasteiger partial charge in [0.25, 0.3) is 5.69 Å². The lowest BCUT2D eigenvalue weighted by Gasteiger charge is -1.91. The Bertz CT molecular complexity index is 279. The topological polar surface area (TPSA) is 74.6 Å². The summed E-state index contributed by atoms with van der Waals surface area (Å²) in [5.74, 6) is 0. The first-order valence-electron chi connectivity index (χ1n) is 3.11. The van der Waals surface area contributed by atoms with Crippen molar-refractivity contribution in [1.29, 1.82) is 0 Å². The van der Waals surface area contributed by atoms with E-state index in [0.717, 1.165) is 5.56 Å². The Morgan fingerprint density at radius 1 is 1.33 bits per heavy atom. The summed E-state index contributed by atoms with van der Waals surface area (Å²) in [5, 5.41) is 10.2. The molecule has 0 aliphatic heterocycles. The van der Waals surface area contributed by atoms with Crippen molar-refractivity contribution in [2.75, 3.05) is 0 Å². The Labute approximate surface area is 69.6 Å². The Balaban J connectivity index is 0.00000121. The summed E-state index contributed by atoms with van der Waals surface area (Å²) in [6.45, 7) is 3.54. The second-order valence-electron chi connectivity index (χ2n) is 2.05. The van der Waals surface area contributed by atoms with Gasteiger partial charge >= 0.3 is 0 Å². The summed E-state index contributed by atoms with van der Waals surface area (Å²) in [4.78, 5) is 9.76. The van der Waals surface area contributed by atoms with Crippen molar-refractivity contribution in [2.24, 2.45) is 0 Å². The van der Waals surface area contributed by atoms with Crippen LogP contribution < -0.4 is 0 Å². The Hall–Kier alpha value is -1.68. The van der Waals surface area contributed by atoms with Crippen molar-refractivity contribution in [1.82, 2.24) is 0 Å². The number of nitro benzene ring substituents is 1. The molecule has 64 valence electrons. The van der Waals surface area contributed by atoms with Crippen LogP contribution >= 0.6 is 0 Å². The maximum absolute atomic E-state index is 10.2. The van der Waals surface area contributed by atoms with Crippen LogP contribution in [0.3, 0.4) is 0 Å². The van der Waals surface area contributed by atoms with E-state index in [9.17, 15) is 10.1 Å². The maximum atomic E-state index is 10.2. The minimum absolute atomic E-state index is 0. The largest absolute Gasteiger partial charge is 0.412 e. The standard InChI is InChI=1S/C8H7NO2.H2O/c1-2-7-3-5-8(6-4-7)9(10)11;/h2-6H,1H2;1H2. The number of nitro groups is 1. The molecule has 0 amide bonds. The molecular weight excluding hydrogens is 158 g/mol. The van der Waals surface area contributed by atoms with Gasteiger partial charge in [-0.1, -0.05) is 12.7 Å². The molecule has 1 rings (SSSR count). The van der Waals surface area contributed by atoms with Crippen molar-refractivity contribution in [3.05, 3.63) is 46.5 Å². The van der Waals surface area contributed by atoms with Crippen molar-refractivity contribution in [3.8, 4) is 0 Å². The van der Waals surface area contributed by atoms with E-state index in [2.05, 4.69) is 6.58 Å². The van der Waals surface area contributed by atoms with Gasteiger partial charge in [-0.05, 0) is 17.7 Å². The van der Waals surface area contributed by atoms with Crippen molar-refractivity contribution < 1.29 is 10.4 Å². The highest BCUT2D eigenvalue weighted by atomic mass is 16.6. The second kappa shape index (κ2) is 4.25. The van der Waals surface area contributed by atoms with E-state index in [1.54, 1.807) is 18.2 Å². The van der Waals surface area contributed by atoms with Gasteiger partial charge in [0.15, 0.2) is 0 Å². The average molecular weight is 167 g/mol. The summed E-state index contributed by atoms with van der Waals surface area (Å²) in [5.41, 5.74) is 0.992. The number of non-ortho nitro benzene ring substituents is 1. The van der Waals surface area contributed by atoms with Crippen LogP contribution in [-0.4, -0.2) is 10.4 Å². The van der Waals surface area contributed by atoms with Crippen LogP contribution in [0.4, 0.5) is 5.69 Å². The zero-order valence-corrected chi connectivity index (χ0v) is 6.36. The molecule has 1 aromatic carbocycles. The Kier molecular flexibility index (Phi) is 3.66. The zero-order valence-electron chi connectivity index (χ0n) is 6.36. The minimum atomic E-state index is -0.424. The second-order valence-corrected chi connectivity index (χ2v) is 2.05. The molecule has 12 heavy (non-hydrogen) atoms. The molecule has 4 nitrogen and oxygen atoms in total. The number of benzene rings is 1. The number of hydrogen-bond donors (Lipinski definition) is 0. The molecule has 0 aliphatic carbocycles. The fraction of sp³-hybridized carbons (Fsp3) is 0. The fourth-order valence-corrected chi connectivity index (χ4v) is 0.732. The van der Waals surface area contributed by atoms with E-state index in [1.165, 1.54) is 12.1 Å². The SMILES string of the molecule is C=Cc1ccc([N+](=O)[O-])cc1.O. The number of nitrogens with zero attached hydrogens (tertiary/aromatic N) is 1. The first-order valence-corrected chi connectivity index (χ1v) is 3.11. The summed E-state index contributed by atoms with van der Waals surface area (Å²) in [7, 11) is 0.